The SMILES string of the molecule is COC(C)(C)C(=O)Nc1ccccc1CN(C)C. The Hall–Kier alpha value is -1.39. The van der Waals surface area contributed by atoms with Gasteiger partial charge in [0, 0.05) is 19.3 Å². The molecule has 0 saturated heterocycles. The number of benzene rings is 1. The lowest BCUT2D eigenvalue weighted by atomic mass is 10.1. The Morgan fingerprint density at radius 2 is 1.94 bits per heavy atom. The van der Waals surface area contributed by atoms with Crippen LogP contribution in [0.1, 0.15) is 19.4 Å². The highest BCUT2D eigenvalue weighted by molar-refractivity contribution is 5.97. The van der Waals surface area contributed by atoms with Gasteiger partial charge in [-0.15, -0.1) is 0 Å². The van der Waals surface area contributed by atoms with E-state index in [0.29, 0.717) is 0 Å². The average molecular weight is 250 g/mol. The lowest BCUT2D eigenvalue weighted by molar-refractivity contribution is -0.133. The van der Waals surface area contributed by atoms with Gasteiger partial charge in [-0.2, -0.15) is 0 Å². The van der Waals surface area contributed by atoms with E-state index in [1.165, 1.54) is 7.11 Å². The number of nitrogens with zero attached hydrogens (tertiary/aromatic N) is 1. The van der Waals surface area contributed by atoms with Gasteiger partial charge in [-0.25, -0.2) is 0 Å². The van der Waals surface area contributed by atoms with Crippen LogP contribution in [-0.4, -0.2) is 37.6 Å². The van der Waals surface area contributed by atoms with Crippen molar-refractivity contribution in [1.29, 1.82) is 0 Å². The fraction of sp³-hybridized carbons (Fsp3) is 0.500. The van der Waals surface area contributed by atoms with E-state index < -0.39 is 5.60 Å². The Morgan fingerprint density at radius 1 is 1.33 bits per heavy atom. The van der Waals surface area contributed by atoms with Gasteiger partial charge in [0.2, 0.25) is 0 Å². The van der Waals surface area contributed by atoms with Crippen molar-refractivity contribution in [2.45, 2.75) is 26.0 Å². The molecular formula is C14H22N2O2. The molecule has 1 aromatic rings. The molecule has 0 aliphatic heterocycles. The van der Waals surface area contributed by atoms with E-state index in [2.05, 4.69) is 10.2 Å². The van der Waals surface area contributed by atoms with E-state index in [1.54, 1.807) is 13.8 Å². The van der Waals surface area contributed by atoms with Gasteiger partial charge in [0.15, 0.2) is 0 Å². The predicted octanol–water partition coefficient (Wildman–Crippen LogP) is 2.11. The number of amides is 1. The minimum Gasteiger partial charge on any atom is -0.369 e. The summed E-state index contributed by atoms with van der Waals surface area (Å²) in [6, 6.07) is 7.79. The molecule has 1 aromatic carbocycles. The van der Waals surface area contributed by atoms with Crippen LogP contribution in [0, 0.1) is 0 Å². The lowest BCUT2D eigenvalue weighted by Gasteiger charge is -2.23. The first-order chi connectivity index (χ1) is 8.36. The van der Waals surface area contributed by atoms with Gasteiger partial charge in [0.05, 0.1) is 0 Å². The summed E-state index contributed by atoms with van der Waals surface area (Å²) in [5.74, 6) is -0.142. The van der Waals surface area contributed by atoms with Crippen LogP contribution in [0.4, 0.5) is 5.69 Å². The third-order valence-corrected chi connectivity index (χ3v) is 2.81. The molecule has 4 nitrogen and oxygen atoms in total. The number of para-hydroxylation sites is 1. The first kappa shape index (κ1) is 14.7. The maximum absolute atomic E-state index is 12.1. The first-order valence-electron chi connectivity index (χ1n) is 5.96. The molecule has 0 radical (unpaired) electrons. The highest BCUT2D eigenvalue weighted by atomic mass is 16.5. The normalized spacial score (nSPS) is 11.7. The fourth-order valence-corrected chi connectivity index (χ4v) is 1.49. The second-order valence-electron chi connectivity index (χ2n) is 5.06. The van der Waals surface area contributed by atoms with Crippen molar-refractivity contribution in [3.8, 4) is 0 Å². The van der Waals surface area contributed by atoms with Gasteiger partial charge < -0.3 is 15.0 Å². The van der Waals surface area contributed by atoms with Crippen LogP contribution in [0.2, 0.25) is 0 Å². The summed E-state index contributed by atoms with van der Waals surface area (Å²) in [5, 5.41) is 2.92. The fourth-order valence-electron chi connectivity index (χ4n) is 1.49. The number of hydrogen-bond donors (Lipinski definition) is 1. The molecule has 0 unspecified atom stereocenters. The molecule has 18 heavy (non-hydrogen) atoms. The molecule has 100 valence electrons. The summed E-state index contributed by atoms with van der Waals surface area (Å²) in [6.07, 6.45) is 0. The standard InChI is InChI=1S/C14H22N2O2/c1-14(2,18-5)13(17)15-12-9-7-6-8-11(12)10-16(3)4/h6-9H,10H2,1-5H3,(H,15,17). The average Bonchev–Trinajstić information content (AvgIpc) is 2.31. The molecule has 0 spiro atoms. The van der Waals surface area contributed by atoms with Crippen molar-refractivity contribution in [3.63, 3.8) is 0 Å². The molecule has 0 atom stereocenters. The van der Waals surface area contributed by atoms with Crippen molar-refractivity contribution in [1.82, 2.24) is 4.90 Å². The van der Waals surface area contributed by atoms with Crippen LogP contribution in [0.3, 0.4) is 0 Å². The number of carbonyl (C=O) groups excluding carboxylic acids is 1. The number of anilines is 1. The Labute approximate surface area is 109 Å². The molecule has 0 saturated carbocycles. The van der Waals surface area contributed by atoms with E-state index in [9.17, 15) is 4.79 Å². The summed E-state index contributed by atoms with van der Waals surface area (Å²) in [7, 11) is 5.53. The number of methoxy groups -OCH3 is 1. The van der Waals surface area contributed by atoms with Gasteiger partial charge in [-0.05, 0) is 39.6 Å². The van der Waals surface area contributed by atoms with Gasteiger partial charge in [0.1, 0.15) is 5.60 Å². The minimum atomic E-state index is -0.828. The summed E-state index contributed by atoms with van der Waals surface area (Å²) in [4.78, 5) is 14.1. The summed E-state index contributed by atoms with van der Waals surface area (Å²) >= 11 is 0. The van der Waals surface area contributed by atoms with Gasteiger partial charge in [-0.3, -0.25) is 4.79 Å². The molecule has 0 aliphatic rings. The predicted molar refractivity (Wildman–Crippen MR) is 73.6 cm³/mol. The highest BCUT2D eigenvalue weighted by Crippen LogP contribution is 2.19. The lowest BCUT2D eigenvalue weighted by Crippen LogP contribution is -2.39. The Morgan fingerprint density at radius 3 is 2.50 bits per heavy atom. The third-order valence-electron chi connectivity index (χ3n) is 2.81. The monoisotopic (exact) mass is 250 g/mol. The zero-order valence-electron chi connectivity index (χ0n) is 11.8. The largest absolute Gasteiger partial charge is 0.369 e. The number of nitrogens with one attached hydrogen (secondary N) is 1. The zero-order chi connectivity index (χ0) is 13.8. The summed E-state index contributed by atoms with van der Waals surface area (Å²) < 4.78 is 5.17. The van der Waals surface area contributed by atoms with Gasteiger partial charge in [-0.1, -0.05) is 18.2 Å². The van der Waals surface area contributed by atoms with Crippen molar-refractivity contribution in [3.05, 3.63) is 29.8 Å². The van der Waals surface area contributed by atoms with Crippen molar-refractivity contribution in [2.24, 2.45) is 0 Å². The van der Waals surface area contributed by atoms with Crippen LogP contribution in [0.25, 0.3) is 0 Å². The second-order valence-corrected chi connectivity index (χ2v) is 5.06. The number of carbonyl (C=O) groups is 1. The maximum Gasteiger partial charge on any atom is 0.256 e. The smallest absolute Gasteiger partial charge is 0.256 e. The van der Waals surface area contributed by atoms with E-state index in [-0.39, 0.29) is 5.91 Å². The van der Waals surface area contributed by atoms with Crippen LogP contribution in [0.5, 0.6) is 0 Å². The molecule has 0 aliphatic carbocycles. The van der Waals surface area contributed by atoms with Crippen molar-refractivity contribution < 1.29 is 9.53 Å². The van der Waals surface area contributed by atoms with Crippen LogP contribution in [-0.2, 0) is 16.1 Å². The highest BCUT2D eigenvalue weighted by Gasteiger charge is 2.27. The van der Waals surface area contributed by atoms with Crippen molar-refractivity contribution in [2.75, 3.05) is 26.5 Å². The van der Waals surface area contributed by atoms with Gasteiger partial charge in [0.25, 0.3) is 5.91 Å². The Bertz CT molecular complexity index is 414. The van der Waals surface area contributed by atoms with Gasteiger partial charge >= 0.3 is 0 Å². The molecule has 4 heteroatoms. The van der Waals surface area contributed by atoms with E-state index in [4.69, 9.17) is 4.74 Å². The molecule has 0 aromatic heterocycles. The Balaban J connectivity index is 2.87. The van der Waals surface area contributed by atoms with E-state index >= 15 is 0 Å². The van der Waals surface area contributed by atoms with Crippen LogP contribution < -0.4 is 5.32 Å². The molecular weight excluding hydrogens is 228 g/mol. The Kier molecular flexibility index (Phi) is 4.87. The van der Waals surface area contributed by atoms with E-state index in [0.717, 1.165) is 17.8 Å². The first-order valence-corrected chi connectivity index (χ1v) is 5.96. The zero-order valence-corrected chi connectivity index (χ0v) is 11.8. The molecule has 0 bridgehead atoms. The third kappa shape index (κ3) is 3.82. The second kappa shape index (κ2) is 5.98. The maximum atomic E-state index is 12.1. The molecule has 0 fully saturated rings. The van der Waals surface area contributed by atoms with Crippen molar-refractivity contribution >= 4 is 11.6 Å². The number of ether oxygens (including phenoxy) is 1. The minimum absolute atomic E-state index is 0.142. The molecule has 1 amide bonds. The molecule has 0 heterocycles. The molecule has 1 rings (SSSR count). The summed E-state index contributed by atoms with van der Waals surface area (Å²) in [6.45, 7) is 4.28. The van der Waals surface area contributed by atoms with E-state index in [1.807, 2.05) is 38.4 Å². The number of hydrogen-bond acceptors (Lipinski definition) is 3. The topological polar surface area (TPSA) is 41.6 Å². The number of rotatable bonds is 5. The quantitative estimate of drug-likeness (QED) is 0.870. The van der Waals surface area contributed by atoms with Crippen LogP contribution >= 0.6 is 0 Å². The summed E-state index contributed by atoms with van der Waals surface area (Å²) in [5.41, 5.74) is 1.09. The molecule has 1 N–H and O–H groups in total. The van der Waals surface area contributed by atoms with Crippen LogP contribution in [0.15, 0.2) is 24.3 Å².